The quantitative estimate of drug-likeness (QED) is 0.785. The summed E-state index contributed by atoms with van der Waals surface area (Å²) in [7, 11) is 4.36. The van der Waals surface area contributed by atoms with Gasteiger partial charge in [0.2, 0.25) is 0 Å². The molecule has 2 aliphatic heterocycles. The normalized spacial score (nSPS) is 34.2. The maximum atomic E-state index is 3.66. The second-order valence-electron chi connectivity index (χ2n) is 6.01. The Morgan fingerprint density at radius 2 is 1.82 bits per heavy atom. The number of nitrogens with zero attached hydrogens (tertiary/aromatic N) is 2. The van der Waals surface area contributed by atoms with Gasteiger partial charge in [-0.05, 0) is 46.3 Å². The van der Waals surface area contributed by atoms with Crippen LogP contribution in [0, 0.1) is 0 Å². The van der Waals surface area contributed by atoms with E-state index in [9.17, 15) is 0 Å². The van der Waals surface area contributed by atoms with Crippen LogP contribution in [-0.2, 0) is 0 Å². The van der Waals surface area contributed by atoms with Crippen LogP contribution in [0.15, 0.2) is 0 Å². The van der Waals surface area contributed by atoms with E-state index in [4.69, 9.17) is 0 Å². The van der Waals surface area contributed by atoms with Gasteiger partial charge in [-0.3, -0.25) is 4.90 Å². The zero-order chi connectivity index (χ0) is 12.3. The maximum Gasteiger partial charge on any atom is 0.0115 e. The zero-order valence-electron chi connectivity index (χ0n) is 11.8. The Bertz CT molecular complexity index is 216. The lowest BCUT2D eigenvalue weighted by atomic mass is 9.81. The standard InChI is InChI=1S/C14H29N3/c1-4-15-12-10-13-6-5-7-14(11-12)17(13)9-8-16(2)3/h12-15H,4-11H2,1-3H3. The van der Waals surface area contributed by atoms with Crippen LogP contribution in [0.25, 0.3) is 0 Å². The van der Waals surface area contributed by atoms with Crippen molar-refractivity contribution in [1.82, 2.24) is 15.1 Å². The largest absolute Gasteiger partial charge is 0.314 e. The molecule has 2 bridgehead atoms. The fourth-order valence-electron chi connectivity index (χ4n) is 3.61. The molecule has 2 heterocycles. The minimum Gasteiger partial charge on any atom is -0.314 e. The van der Waals surface area contributed by atoms with Gasteiger partial charge in [0, 0.05) is 31.2 Å². The van der Waals surface area contributed by atoms with E-state index in [1.165, 1.54) is 45.2 Å². The predicted molar refractivity (Wildman–Crippen MR) is 73.4 cm³/mol. The van der Waals surface area contributed by atoms with Crippen LogP contribution in [0.1, 0.15) is 39.0 Å². The van der Waals surface area contributed by atoms with E-state index in [0.717, 1.165) is 24.7 Å². The molecule has 0 aromatic rings. The van der Waals surface area contributed by atoms with Crippen molar-refractivity contribution in [3.8, 4) is 0 Å². The molecule has 17 heavy (non-hydrogen) atoms. The zero-order valence-corrected chi connectivity index (χ0v) is 11.8. The van der Waals surface area contributed by atoms with Gasteiger partial charge in [-0.1, -0.05) is 13.3 Å². The van der Waals surface area contributed by atoms with E-state index < -0.39 is 0 Å². The summed E-state index contributed by atoms with van der Waals surface area (Å²) in [6.45, 7) is 5.83. The molecule has 2 atom stereocenters. The highest BCUT2D eigenvalue weighted by molar-refractivity contribution is 4.94. The van der Waals surface area contributed by atoms with Crippen molar-refractivity contribution < 1.29 is 0 Å². The van der Waals surface area contributed by atoms with Crippen LogP contribution in [0.5, 0.6) is 0 Å². The fourth-order valence-corrected chi connectivity index (χ4v) is 3.61. The Hall–Kier alpha value is -0.120. The van der Waals surface area contributed by atoms with Gasteiger partial charge in [0.15, 0.2) is 0 Å². The fraction of sp³-hybridized carbons (Fsp3) is 1.00. The molecule has 0 aromatic carbocycles. The third-order valence-corrected chi connectivity index (χ3v) is 4.42. The maximum absolute atomic E-state index is 3.66. The molecular weight excluding hydrogens is 210 g/mol. The van der Waals surface area contributed by atoms with Crippen LogP contribution in [0.3, 0.4) is 0 Å². The van der Waals surface area contributed by atoms with Gasteiger partial charge >= 0.3 is 0 Å². The summed E-state index contributed by atoms with van der Waals surface area (Å²) in [4.78, 5) is 5.11. The molecule has 2 aliphatic rings. The highest BCUT2D eigenvalue weighted by atomic mass is 15.2. The van der Waals surface area contributed by atoms with Crippen LogP contribution in [0.2, 0.25) is 0 Å². The topological polar surface area (TPSA) is 18.5 Å². The number of hydrogen-bond donors (Lipinski definition) is 1. The first-order chi connectivity index (χ1) is 8.20. The Morgan fingerprint density at radius 1 is 1.18 bits per heavy atom. The molecule has 0 spiro atoms. The summed E-state index contributed by atoms with van der Waals surface area (Å²) >= 11 is 0. The smallest absolute Gasteiger partial charge is 0.0115 e. The second kappa shape index (κ2) is 6.17. The Kier molecular flexibility index (Phi) is 4.83. The predicted octanol–water partition coefficient (Wildman–Crippen LogP) is 1.54. The third-order valence-electron chi connectivity index (χ3n) is 4.42. The van der Waals surface area contributed by atoms with E-state index in [-0.39, 0.29) is 0 Å². The van der Waals surface area contributed by atoms with Crippen molar-refractivity contribution >= 4 is 0 Å². The highest BCUT2D eigenvalue weighted by Gasteiger charge is 2.37. The van der Waals surface area contributed by atoms with E-state index in [1.807, 2.05) is 0 Å². The first kappa shape index (κ1) is 13.3. The first-order valence-corrected chi connectivity index (χ1v) is 7.34. The van der Waals surface area contributed by atoms with Crippen molar-refractivity contribution in [1.29, 1.82) is 0 Å². The van der Waals surface area contributed by atoms with Gasteiger partial charge in [-0.2, -0.15) is 0 Å². The molecule has 2 fully saturated rings. The minimum atomic E-state index is 0.783. The lowest BCUT2D eigenvalue weighted by Gasteiger charge is -2.49. The molecule has 2 saturated heterocycles. The SMILES string of the molecule is CCNC1CC2CCCC(C1)N2CCN(C)C. The van der Waals surface area contributed by atoms with Gasteiger partial charge in [0.25, 0.3) is 0 Å². The van der Waals surface area contributed by atoms with Gasteiger partial charge in [0.05, 0.1) is 0 Å². The minimum absolute atomic E-state index is 0.783. The lowest BCUT2D eigenvalue weighted by Crippen LogP contribution is -2.57. The summed E-state index contributed by atoms with van der Waals surface area (Å²) in [5, 5.41) is 3.66. The van der Waals surface area contributed by atoms with Crippen molar-refractivity contribution in [2.45, 2.75) is 57.2 Å². The van der Waals surface area contributed by atoms with Gasteiger partial charge in [0.1, 0.15) is 0 Å². The van der Waals surface area contributed by atoms with Gasteiger partial charge in [-0.15, -0.1) is 0 Å². The third kappa shape index (κ3) is 3.43. The summed E-state index contributed by atoms with van der Waals surface area (Å²) < 4.78 is 0. The Labute approximate surface area is 107 Å². The molecule has 0 amide bonds. The molecular formula is C14H29N3. The van der Waals surface area contributed by atoms with E-state index >= 15 is 0 Å². The molecule has 0 aromatic heterocycles. The average molecular weight is 239 g/mol. The molecule has 100 valence electrons. The summed E-state index contributed by atoms with van der Waals surface area (Å²) in [6.07, 6.45) is 7.04. The molecule has 0 aliphatic carbocycles. The number of fused-ring (bicyclic) bond motifs is 2. The molecule has 1 N–H and O–H groups in total. The van der Waals surface area contributed by atoms with E-state index in [2.05, 4.69) is 36.1 Å². The number of piperidine rings is 2. The van der Waals surface area contributed by atoms with Crippen molar-refractivity contribution in [2.75, 3.05) is 33.7 Å². The number of rotatable bonds is 5. The Balaban J connectivity index is 1.90. The van der Waals surface area contributed by atoms with Crippen LogP contribution >= 0.6 is 0 Å². The summed E-state index contributed by atoms with van der Waals surface area (Å²) in [5.41, 5.74) is 0. The van der Waals surface area contributed by atoms with E-state index in [1.54, 1.807) is 0 Å². The second-order valence-corrected chi connectivity index (χ2v) is 6.01. The monoisotopic (exact) mass is 239 g/mol. The summed E-state index contributed by atoms with van der Waals surface area (Å²) in [6, 6.07) is 2.49. The lowest BCUT2D eigenvalue weighted by molar-refractivity contribution is 0.0207. The van der Waals surface area contributed by atoms with Gasteiger partial charge < -0.3 is 10.2 Å². The summed E-state index contributed by atoms with van der Waals surface area (Å²) in [5.74, 6) is 0. The molecule has 0 saturated carbocycles. The van der Waals surface area contributed by atoms with Crippen LogP contribution in [0.4, 0.5) is 0 Å². The number of hydrogen-bond acceptors (Lipinski definition) is 3. The number of nitrogens with one attached hydrogen (secondary N) is 1. The first-order valence-electron chi connectivity index (χ1n) is 7.34. The van der Waals surface area contributed by atoms with Gasteiger partial charge in [-0.25, -0.2) is 0 Å². The number of likely N-dealkylation sites (N-methyl/N-ethyl adjacent to an activating group) is 1. The van der Waals surface area contributed by atoms with Crippen molar-refractivity contribution in [2.24, 2.45) is 0 Å². The molecule has 3 heteroatoms. The molecule has 2 unspecified atom stereocenters. The Morgan fingerprint density at radius 3 is 2.35 bits per heavy atom. The van der Waals surface area contributed by atoms with Crippen molar-refractivity contribution in [3.05, 3.63) is 0 Å². The van der Waals surface area contributed by atoms with Crippen LogP contribution < -0.4 is 5.32 Å². The molecule has 0 radical (unpaired) electrons. The molecule has 3 nitrogen and oxygen atoms in total. The average Bonchev–Trinajstić information content (AvgIpc) is 2.26. The van der Waals surface area contributed by atoms with E-state index in [0.29, 0.717) is 0 Å². The van der Waals surface area contributed by atoms with Crippen LogP contribution in [-0.4, -0.2) is 61.7 Å². The van der Waals surface area contributed by atoms with Crippen molar-refractivity contribution in [3.63, 3.8) is 0 Å². The highest BCUT2D eigenvalue weighted by Crippen LogP contribution is 2.33. The molecule has 2 rings (SSSR count).